The Labute approximate surface area is 107 Å². The number of aromatic nitrogens is 2. The number of carbonyl (C=O) groups excluding carboxylic acids is 1. The maximum atomic E-state index is 11.0. The summed E-state index contributed by atoms with van der Waals surface area (Å²) in [7, 11) is 0. The second-order valence-electron chi connectivity index (χ2n) is 4.77. The average Bonchev–Trinajstić information content (AvgIpc) is 2.39. The summed E-state index contributed by atoms with van der Waals surface area (Å²) in [4.78, 5) is 23.4. The monoisotopic (exact) mass is 249 g/mol. The number of hydrogen-bond donors (Lipinski definition) is 1. The molecule has 2 rings (SSSR count). The minimum Gasteiger partial charge on any atom is -0.353 e. The van der Waals surface area contributed by atoms with E-state index >= 15 is 0 Å². The fourth-order valence-electron chi connectivity index (χ4n) is 2.01. The molecule has 0 aliphatic carbocycles. The topological polar surface area (TPSA) is 75.3 Å². The van der Waals surface area contributed by atoms with Crippen LogP contribution >= 0.6 is 0 Å². The van der Waals surface area contributed by atoms with E-state index < -0.39 is 0 Å². The summed E-state index contributed by atoms with van der Waals surface area (Å²) in [5.41, 5.74) is 6.30. The van der Waals surface area contributed by atoms with Gasteiger partial charge in [0.05, 0.1) is 0 Å². The maximum Gasteiger partial charge on any atom is 0.314 e. The third kappa shape index (κ3) is 2.69. The zero-order valence-electron chi connectivity index (χ0n) is 10.8. The minimum atomic E-state index is -0.347. The molecule has 2 amide bonds. The predicted molar refractivity (Wildman–Crippen MR) is 69.5 cm³/mol. The number of piperazine rings is 1. The molecule has 0 atom stereocenters. The maximum absolute atomic E-state index is 11.0. The SMILES string of the molecule is CC(C)c1cc(N2CCN(C(N)=O)CC2)ncn1. The van der Waals surface area contributed by atoms with E-state index in [0.717, 1.165) is 24.6 Å². The summed E-state index contributed by atoms with van der Waals surface area (Å²) in [6.45, 7) is 7.04. The average molecular weight is 249 g/mol. The molecule has 1 fully saturated rings. The molecule has 2 heterocycles. The van der Waals surface area contributed by atoms with E-state index in [4.69, 9.17) is 5.73 Å². The molecule has 0 saturated carbocycles. The van der Waals surface area contributed by atoms with E-state index in [-0.39, 0.29) is 6.03 Å². The Balaban J connectivity index is 2.05. The largest absolute Gasteiger partial charge is 0.353 e. The molecule has 18 heavy (non-hydrogen) atoms. The summed E-state index contributed by atoms with van der Waals surface area (Å²) in [5, 5.41) is 0. The molecular weight excluding hydrogens is 230 g/mol. The highest BCUT2D eigenvalue weighted by atomic mass is 16.2. The summed E-state index contributed by atoms with van der Waals surface area (Å²) in [6, 6.07) is 1.67. The number of anilines is 1. The van der Waals surface area contributed by atoms with Crippen molar-refractivity contribution in [2.24, 2.45) is 5.73 Å². The number of rotatable bonds is 2. The number of urea groups is 1. The summed E-state index contributed by atoms with van der Waals surface area (Å²) in [6.07, 6.45) is 1.60. The van der Waals surface area contributed by atoms with Crippen molar-refractivity contribution in [3.63, 3.8) is 0 Å². The van der Waals surface area contributed by atoms with E-state index in [0.29, 0.717) is 19.0 Å². The van der Waals surface area contributed by atoms with Crippen molar-refractivity contribution in [3.8, 4) is 0 Å². The van der Waals surface area contributed by atoms with Gasteiger partial charge >= 0.3 is 6.03 Å². The van der Waals surface area contributed by atoms with Gasteiger partial charge in [0.2, 0.25) is 0 Å². The smallest absolute Gasteiger partial charge is 0.314 e. The van der Waals surface area contributed by atoms with Gasteiger partial charge in [-0.05, 0) is 5.92 Å². The lowest BCUT2D eigenvalue weighted by atomic mass is 10.1. The van der Waals surface area contributed by atoms with Gasteiger partial charge in [0.25, 0.3) is 0 Å². The van der Waals surface area contributed by atoms with Crippen molar-refractivity contribution >= 4 is 11.8 Å². The molecule has 0 aromatic carbocycles. The number of primary amides is 1. The molecule has 1 aliphatic heterocycles. The molecule has 0 unspecified atom stereocenters. The van der Waals surface area contributed by atoms with Gasteiger partial charge < -0.3 is 15.5 Å². The minimum absolute atomic E-state index is 0.347. The van der Waals surface area contributed by atoms with Crippen LogP contribution in [0.5, 0.6) is 0 Å². The standard InChI is InChI=1S/C12H19N5O/c1-9(2)10-7-11(15-8-14-10)16-3-5-17(6-4-16)12(13)18/h7-9H,3-6H2,1-2H3,(H2,13,18). The highest BCUT2D eigenvalue weighted by molar-refractivity contribution is 5.72. The van der Waals surface area contributed by atoms with Crippen LogP contribution in [0.2, 0.25) is 0 Å². The number of amides is 2. The van der Waals surface area contributed by atoms with Crippen molar-refractivity contribution in [1.29, 1.82) is 0 Å². The lowest BCUT2D eigenvalue weighted by molar-refractivity contribution is 0.204. The zero-order valence-corrected chi connectivity index (χ0v) is 10.8. The predicted octanol–water partition coefficient (Wildman–Crippen LogP) is 0.801. The highest BCUT2D eigenvalue weighted by Crippen LogP contribution is 2.18. The van der Waals surface area contributed by atoms with E-state index in [9.17, 15) is 4.79 Å². The van der Waals surface area contributed by atoms with Gasteiger partial charge in [-0.3, -0.25) is 0 Å². The molecule has 1 aliphatic rings. The summed E-state index contributed by atoms with van der Waals surface area (Å²) < 4.78 is 0. The Bertz CT molecular complexity index is 426. The van der Waals surface area contributed by atoms with E-state index in [1.807, 2.05) is 6.07 Å². The lowest BCUT2D eigenvalue weighted by Gasteiger charge is -2.34. The summed E-state index contributed by atoms with van der Waals surface area (Å²) in [5.74, 6) is 1.32. The second kappa shape index (κ2) is 5.20. The second-order valence-corrected chi connectivity index (χ2v) is 4.77. The molecule has 1 aromatic heterocycles. The summed E-state index contributed by atoms with van der Waals surface area (Å²) >= 11 is 0. The number of carbonyl (C=O) groups is 1. The van der Waals surface area contributed by atoms with E-state index in [1.54, 1.807) is 11.2 Å². The van der Waals surface area contributed by atoms with Crippen molar-refractivity contribution in [3.05, 3.63) is 18.1 Å². The molecule has 2 N–H and O–H groups in total. The van der Waals surface area contributed by atoms with Crippen LogP contribution in [0.4, 0.5) is 10.6 Å². The van der Waals surface area contributed by atoms with Crippen LogP contribution in [0.3, 0.4) is 0 Å². The molecule has 1 saturated heterocycles. The van der Waals surface area contributed by atoms with Crippen LogP contribution in [0.1, 0.15) is 25.5 Å². The van der Waals surface area contributed by atoms with Crippen molar-refractivity contribution < 1.29 is 4.79 Å². The molecule has 0 spiro atoms. The van der Waals surface area contributed by atoms with Crippen LogP contribution in [0, 0.1) is 0 Å². The van der Waals surface area contributed by atoms with Crippen LogP contribution < -0.4 is 10.6 Å². The van der Waals surface area contributed by atoms with Crippen LogP contribution in [0.15, 0.2) is 12.4 Å². The van der Waals surface area contributed by atoms with Gasteiger partial charge in [-0.25, -0.2) is 14.8 Å². The van der Waals surface area contributed by atoms with Crippen molar-refractivity contribution in [2.45, 2.75) is 19.8 Å². The van der Waals surface area contributed by atoms with Gasteiger partial charge in [-0.1, -0.05) is 13.8 Å². The first-order chi connectivity index (χ1) is 8.58. The fraction of sp³-hybridized carbons (Fsp3) is 0.583. The van der Waals surface area contributed by atoms with Gasteiger partial charge in [0.1, 0.15) is 12.1 Å². The first-order valence-electron chi connectivity index (χ1n) is 6.19. The Morgan fingerprint density at radius 1 is 1.28 bits per heavy atom. The molecular formula is C12H19N5O. The van der Waals surface area contributed by atoms with Crippen LogP contribution in [0.25, 0.3) is 0 Å². The number of nitrogens with two attached hydrogens (primary N) is 1. The third-order valence-corrected chi connectivity index (χ3v) is 3.18. The Hall–Kier alpha value is -1.85. The molecule has 6 nitrogen and oxygen atoms in total. The highest BCUT2D eigenvalue weighted by Gasteiger charge is 2.20. The van der Waals surface area contributed by atoms with E-state index in [1.165, 1.54) is 0 Å². The number of nitrogens with zero attached hydrogens (tertiary/aromatic N) is 4. The Morgan fingerprint density at radius 2 is 1.94 bits per heavy atom. The van der Waals surface area contributed by atoms with E-state index in [2.05, 4.69) is 28.7 Å². The quantitative estimate of drug-likeness (QED) is 0.841. The van der Waals surface area contributed by atoms with Crippen LogP contribution in [-0.4, -0.2) is 47.1 Å². The normalized spacial score (nSPS) is 16.2. The van der Waals surface area contributed by atoms with Crippen molar-refractivity contribution in [2.75, 3.05) is 31.1 Å². The molecule has 0 radical (unpaired) electrons. The third-order valence-electron chi connectivity index (χ3n) is 3.18. The Morgan fingerprint density at radius 3 is 2.50 bits per heavy atom. The fourth-order valence-corrected chi connectivity index (χ4v) is 2.01. The van der Waals surface area contributed by atoms with Crippen LogP contribution in [-0.2, 0) is 0 Å². The molecule has 98 valence electrons. The number of hydrogen-bond acceptors (Lipinski definition) is 4. The molecule has 6 heteroatoms. The van der Waals surface area contributed by atoms with Gasteiger partial charge in [0, 0.05) is 37.9 Å². The van der Waals surface area contributed by atoms with Gasteiger partial charge in [-0.2, -0.15) is 0 Å². The zero-order chi connectivity index (χ0) is 13.1. The molecule has 0 bridgehead atoms. The molecule has 1 aromatic rings. The first-order valence-corrected chi connectivity index (χ1v) is 6.19. The first kappa shape index (κ1) is 12.6. The van der Waals surface area contributed by atoms with Crippen molar-refractivity contribution in [1.82, 2.24) is 14.9 Å². The van der Waals surface area contributed by atoms with Gasteiger partial charge in [-0.15, -0.1) is 0 Å². The Kier molecular flexibility index (Phi) is 3.64. The van der Waals surface area contributed by atoms with Gasteiger partial charge in [0.15, 0.2) is 0 Å². The lowest BCUT2D eigenvalue weighted by Crippen LogP contribution is -2.50.